The van der Waals surface area contributed by atoms with Crippen molar-refractivity contribution in [2.24, 2.45) is 0 Å². The fourth-order valence-electron chi connectivity index (χ4n) is 2.87. The Balaban J connectivity index is 2.30. The highest BCUT2D eigenvalue weighted by atomic mass is 35.5. The van der Waals surface area contributed by atoms with Crippen molar-refractivity contribution in [3.63, 3.8) is 0 Å². The van der Waals surface area contributed by atoms with E-state index in [2.05, 4.69) is 5.10 Å². The van der Waals surface area contributed by atoms with Crippen LogP contribution in [0.5, 0.6) is 0 Å². The van der Waals surface area contributed by atoms with E-state index in [9.17, 15) is 13.5 Å². The summed E-state index contributed by atoms with van der Waals surface area (Å²) in [5.41, 5.74) is -0.617. The standard InChI is InChI=1S/C14H15ClN2O3S/c1-2-17-13(11(15)9-16-17)14(18)7-8-21(19,20)12-6-4-3-5-10(12)14/h3-6,9,18H,2,7-8H2,1H3. The molecule has 5 nitrogen and oxygen atoms in total. The third-order valence-electron chi connectivity index (χ3n) is 3.89. The lowest BCUT2D eigenvalue weighted by Gasteiger charge is -2.34. The molecular weight excluding hydrogens is 312 g/mol. The number of sulfone groups is 1. The first-order chi connectivity index (χ1) is 9.90. The maximum Gasteiger partial charge on any atom is 0.178 e. The number of aliphatic hydroxyl groups is 1. The predicted molar refractivity (Wildman–Crippen MR) is 79.0 cm³/mol. The highest BCUT2D eigenvalue weighted by Gasteiger charge is 2.45. The monoisotopic (exact) mass is 326 g/mol. The van der Waals surface area contributed by atoms with E-state index in [0.717, 1.165) is 0 Å². The van der Waals surface area contributed by atoms with E-state index in [-0.39, 0.29) is 17.1 Å². The van der Waals surface area contributed by atoms with Gasteiger partial charge < -0.3 is 5.11 Å². The van der Waals surface area contributed by atoms with Gasteiger partial charge in [-0.25, -0.2) is 8.42 Å². The van der Waals surface area contributed by atoms with Crippen LogP contribution < -0.4 is 0 Å². The van der Waals surface area contributed by atoms with Crippen LogP contribution in [0.3, 0.4) is 0 Å². The van der Waals surface area contributed by atoms with Crippen molar-refractivity contribution in [1.82, 2.24) is 9.78 Å². The van der Waals surface area contributed by atoms with Crippen LogP contribution in [-0.4, -0.2) is 29.1 Å². The van der Waals surface area contributed by atoms with E-state index in [1.54, 1.807) is 22.9 Å². The first-order valence-corrected chi connectivity index (χ1v) is 8.69. The van der Waals surface area contributed by atoms with Crippen LogP contribution in [0.25, 0.3) is 0 Å². The van der Waals surface area contributed by atoms with Gasteiger partial charge in [0.1, 0.15) is 5.60 Å². The second kappa shape index (κ2) is 4.83. The highest BCUT2D eigenvalue weighted by molar-refractivity contribution is 7.91. The minimum Gasteiger partial charge on any atom is -0.379 e. The van der Waals surface area contributed by atoms with Crippen molar-refractivity contribution < 1.29 is 13.5 Å². The summed E-state index contributed by atoms with van der Waals surface area (Å²) in [7, 11) is -3.37. The Morgan fingerprint density at radius 3 is 2.86 bits per heavy atom. The number of benzene rings is 1. The van der Waals surface area contributed by atoms with Crippen LogP contribution in [-0.2, 0) is 22.0 Å². The summed E-state index contributed by atoms with van der Waals surface area (Å²) < 4.78 is 26.0. The van der Waals surface area contributed by atoms with E-state index < -0.39 is 15.4 Å². The molecule has 2 aromatic rings. The molecule has 2 heterocycles. The molecule has 21 heavy (non-hydrogen) atoms. The molecule has 1 unspecified atom stereocenters. The van der Waals surface area contributed by atoms with Gasteiger partial charge in [-0.15, -0.1) is 0 Å². The molecule has 0 amide bonds. The molecule has 1 atom stereocenters. The number of aromatic nitrogens is 2. The van der Waals surface area contributed by atoms with Crippen LogP contribution in [0, 0.1) is 0 Å². The molecule has 0 aliphatic carbocycles. The largest absolute Gasteiger partial charge is 0.379 e. The summed E-state index contributed by atoms with van der Waals surface area (Å²) in [5.74, 6) is -0.119. The summed E-state index contributed by atoms with van der Waals surface area (Å²) in [6, 6.07) is 6.52. The number of halogens is 1. The summed E-state index contributed by atoms with van der Waals surface area (Å²) in [5, 5.41) is 15.7. The summed E-state index contributed by atoms with van der Waals surface area (Å²) in [4.78, 5) is 0.165. The highest BCUT2D eigenvalue weighted by Crippen LogP contribution is 2.43. The van der Waals surface area contributed by atoms with E-state index in [1.165, 1.54) is 12.3 Å². The van der Waals surface area contributed by atoms with Crippen LogP contribution >= 0.6 is 11.6 Å². The maximum absolute atomic E-state index is 12.2. The van der Waals surface area contributed by atoms with Crippen molar-refractivity contribution >= 4 is 21.4 Å². The van der Waals surface area contributed by atoms with Gasteiger partial charge in [-0.3, -0.25) is 4.68 Å². The van der Waals surface area contributed by atoms with E-state index in [0.29, 0.717) is 22.8 Å². The number of fused-ring (bicyclic) bond motifs is 1. The Morgan fingerprint density at radius 1 is 1.43 bits per heavy atom. The van der Waals surface area contributed by atoms with Crippen molar-refractivity contribution in [1.29, 1.82) is 0 Å². The minimum atomic E-state index is -3.37. The Bertz CT molecular complexity index is 800. The summed E-state index contributed by atoms with van der Waals surface area (Å²) >= 11 is 6.19. The van der Waals surface area contributed by atoms with Crippen molar-refractivity contribution in [2.75, 3.05) is 5.75 Å². The number of nitrogens with zero attached hydrogens (tertiary/aromatic N) is 2. The van der Waals surface area contributed by atoms with Gasteiger partial charge in [0, 0.05) is 18.5 Å². The van der Waals surface area contributed by atoms with Crippen LogP contribution in [0.15, 0.2) is 35.4 Å². The molecule has 0 spiro atoms. The molecule has 112 valence electrons. The third-order valence-corrected chi connectivity index (χ3v) is 5.93. The zero-order chi connectivity index (χ0) is 15.3. The van der Waals surface area contributed by atoms with Crippen LogP contribution in [0.4, 0.5) is 0 Å². The Morgan fingerprint density at radius 2 is 2.14 bits per heavy atom. The fraction of sp³-hybridized carbons (Fsp3) is 0.357. The SMILES string of the molecule is CCn1ncc(Cl)c1C1(O)CCS(=O)(=O)c2ccccc21. The van der Waals surface area contributed by atoms with Gasteiger partial charge in [0.05, 0.1) is 27.6 Å². The zero-order valence-corrected chi connectivity index (χ0v) is 13.0. The van der Waals surface area contributed by atoms with Gasteiger partial charge in [-0.1, -0.05) is 29.8 Å². The van der Waals surface area contributed by atoms with Crippen molar-refractivity contribution in [3.8, 4) is 0 Å². The number of hydrogen-bond donors (Lipinski definition) is 1. The molecule has 0 radical (unpaired) electrons. The van der Waals surface area contributed by atoms with Gasteiger partial charge in [0.2, 0.25) is 0 Å². The van der Waals surface area contributed by atoms with Gasteiger partial charge >= 0.3 is 0 Å². The van der Waals surface area contributed by atoms with Crippen molar-refractivity contribution in [3.05, 3.63) is 46.7 Å². The third kappa shape index (κ3) is 2.09. The minimum absolute atomic E-state index is 0.0672. The molecule has 7 heteroatoms. The molecule has 1 aliphatic rings. The fourth-order valence-corrected chi connectivity index (χ4v) is 4.80. The molecule has 3 rings (SSSR count). The molecule has 0 bridgehead atoms. The van der Waals surface area contributed by atoms with E-state index in [4.69, 9.17) is 11.6 Å². The lowest BCUT2D eigenvalue weighted by Crippen LogP contribution is -2.38. The quantitative estimate of drug-likeness (QED) is 0.915. The molecule has 0 saturated heterocycles. The second-order valence-corrected chi connectivity index (χ2v) is 7.57. The zero-order valence-electron chi connectivity index (χ0n) is 11.5. The smallest absolute Gasteiger partial charge is 0.178 e. The lowest BCUT2D eigenvalue weighted by atomic mass is 9.87. The number of hydrogen-bond acceptors (Lipinski definition) is 4. The molecule has 1 aromatic carbocycles. The molecule has 1 aliphatic heterocycles. The first-order valence-electron chi connectivity index (χ1n) is 6.66. The average molecular weight is 327 g/mol. The number of rotatable bonds is 2. The van der Waals surface area contributed by atoms with Crippen molar-refractivity contribution in [2.45, 2.75) is 30.4 Å². The van der Waals surface area contributed by atoms with Gasteiger partial charge in [0.25, 0.3) is 0 Å². The van der Waals surface area contributed by atoms with Gasteiger partial charge in [-0.2, -0.15) is 5.10 Å². The summed E-state index contributed by atoms with van der Waals surface area (Å²) in [6.07, 6.45) is 1.54. The summed E-state index contributed by atoms with van der Waals surface area (Å²) in [6.45, 7) is 2.43. The van der Waals surface area contributed by atoms with Crippen LogP contribution in [0.2, 0.25) is 5.02 Å². The van der Waals surface area contributed by atoms with Gasteiger partial charge in [-0.05, 0) is 13.0 Å². The topological polar surface area (TPSA) is 72.2 Å². The van der Waals surface area contributed by atoms with Crippen LogP contribution in [0.1, 0.15) is 24.6 Å². The normalized spacial score (nSPS) is 23.8. The van der Waals surface area contributed by atoms with E-state index in [1.807, 2.05) is 6.92 Å². The molecular formula is C14H15ClN2O3S. The Kier molecular flexibility index (Phi) is 3.35. The van der Waals surface area contributed by atoms with E-state index >= 15 is 0 Å². The Hall–Kier alpha value is -1.37. The lowest BCUT2D eigenvalue weighted by molar-refractivity contribution is 0.0622. The Labute approximate surface area is 128 Å². The molecule has 1 N–H and O–H groups in total. The molecule has 0 saturated carbocycles. The molecule has 0 fully saturated rings. The predicted octanol–water partition coefficient (Wildman–Crippen LogP) is 1.97. The van der Waals surface area contributed by atoms with Gasteiger partial charge in [0.15, 0.2) is 9.84 Å². The maximum atomic E-state index is 12.2. The molecule has 1 aromatic heterocycles. The average Bonchev–Trinajstić information content (AvgIpc) is 2.85. The second-order valence-electron chi connectivity index (χ2n) is 5.08. The first kappa shape index (κ1) is 14.6. The number of aryl methyl sites for hydroxylation is 1.